The lowest BCUT2D eigenvalue weighted by atomic mass is 10.1. The summed E-state index contributed by atoms with van der Waals surface area (Å²) in [7, 11) is 0. The van der Waals surface area contributed by atoms with Gasteiger partial charge in [-0.25, -0.2) is 0 Å². The molecule has 1 atom stereocenters. The molecule has 1 aromatic rings. The van der Waals surface area contributed by atoms with Gasteiger partial charge in [0.1, 0.15) is 0 Å². The summed E-state index contributed by atoms with van der Waals surface area (Å²) >= 11 is 1.75. The van der Waals surface area contributed by atoms with Crippen molar-refractivity contribution < 1.29 is 5.11 Å². The van der Waals surface area contributed by atoms with Crippen molar-refractivity contribution in [3.05, 3.63) is 42.0 Å². The predicted octanol–water partition coefficient (Wildman–Crippen LogP) is 3.41. The Bertz CT molecular complexity index is 318. The fraction of sp³-hybridized carbons (Fsp3) is 0.333. The highest BCUT2D eigenvalue weighted by atomic mass is 32.2. The van der Waals surface area contributed by atoms with Gasteiger partial charge in [0, 0.05) is 10.6 Å². The van der Waals surface area contributed by atoms with Gasteiger partial charge < -0.3 is 5.11 Å². The topological polar surface area (TPSA) is 20.2 Å². The zero-order chi connectivity index (χ0) is 10.6. The number of hydrogen-bond acceptors (Lipinski definition) is 2. The van der Waals surface area contributed by atoms with Crippen molar-refractivity contribution in [3.8, 4) is 0 Å². The molecule has 0 amide bonds. The Balaban J connectivity index is 2.68. The summed E-state index contributed by atoms with van der Waals surface area (Å²) in [5.74, 6) is 0.934. The van der Waals surface area contributed by atoms with Gasteiger partial charge in [-0.3, -0.25) is 0 Å². The molecule has 0 spiro atoms. The van der Waals surface area contributed by atoms with Gasteiger partial charge in [-0.05, 0) is 31.5 Å². The van der Waals surface area contributed by atoms with Crippen LogP contribution >= 0.6 is 11.8 Å². The summed E-state index contributed by atoms with van der Waals surface area (Å²) in [6.45, 7) is 7.66. The maximum atomic E-state index is 9.40. The molecule has 1 nitrogen and oxygen atoms in total. The summed E-state index contributed by atoms with van der Waals surface area (Å²) in [6.07, 6.45) is -0.389. The molecular weight excluding hydrogens is 192 g/mol. The molecule has 0 radical (unpaired) electrons. The first-order valence-electron chi connectivity index (χ1n) is 4.65. The van der Waals surface area contributed by atoms with Crippen molar-refractivity contribution in [1.82, 2.24) is 0 Å². The molecule has 0 heterocycles. The van der Waals surface area contributed by atoms with Gasteiger partial charge in [-0.2, -0.15) is 0 Å². The minimum absolute atomic E-state index is 0.389. The number of aliphatic hydroxyl groups excluding tert-OH is 1. The Morgan fingerprint density at radius 1 is 1.57 bits per heavy atom. The molecule has 0 aliphatic heterocycles. The predicted molar refractivity (Wildman–Crippen MR) is 62.6 cm³/mol. The van der Waals surface area contributed by atoms with Crippen molar-refractivity contribution in [2.24, 2.45) is 0 Å². The summed E-state index contributed by atoms with van der Waals surface area (Å²) in [4.78, 5) is 1.19. The fourth-order valence-electron chi connectivity index (χ4n) is 1.07. The van der Waals surface area contributed by atoms with Crippen LogP contribution in [0, 0.1) is 0 Å². The summed E-state index contributed by atoms with van der Waals surface area (Å²) in [6, 6.07) is 8.00. The Morgan fingerprint density at radius 3 is 2.86 bits per heavy atom. The summed E-state index contributed by atoms with van der Waals surface area (Å²) < 4.78 is 0. The second-order valence-corrected chi connectivity index (χ2v) is 4.54. The summed E-state index contributed by atoms with van der Waals surface area (Å²) in [5, 5.41) is 9.40. The van der Waals surface area contributed by atoms with Gasteiger partial charge in [0.2, 0.25) is 0 Å². The largest absolute Gasteiger partial charge is 0.389 e. The normalized spacial score (nSPS) is 12.5. The van der Waals surface area contributed by atoms with Gasteiger partial charge in [-0.15, -0.1) is 11.8 Å². The van der Waals surface area contributed by atoms with E-state index in [0.29, 0.717) is 0 Å². The molecule has 1 unspecified atom stereocenters. The molecule has 2 heteroatoms. The number of aliphatic hydroxyl groups is 1. The lowest BCUT2D eigenvalue weighted by Crippen LogP contribution is -1.90. The highest BCUT2D eigenvalue weighted by Gasteiger charge is 2.01. The number of thioether (sulfide) groups is 1. The lowest BCUT2D eigenvalue weighted by molar-refractivity contribution is 0.199. The van der Waals surface area contributed by atoms with Crippen LogP contribution in [0.25, 0.3) is 0 Å². The zero-order valence-electron chi connectivity index (χ0n) is 8.66. The van der Waals surface area contributed by atoms with E-state index in [2.05, 4.69) is 12.6 Å². The van der Waals surface area contributed by atoms with E-state index in [1.54, 1.807) is 18.7 Å². The van der Waals surface area contributed by atoms with Crippen LogP contribution in [0.4, 0.5) is 0 Å². The van der Waals surface area contributed by atoms with Crippen LogP contribution in [0.5, 0.6) is 0 Å². The van der Waals surface area contributed by atoms with E-state index in [0.717, 1.165) is 16.9 Å². The minimum atomic E-state index is -0.389. The molecule has 14 heavy (non-hydrogen) atoms. The quantitative estimate of drug-likeness (QED) is 0.604. The van der Waals surface area contributed by atoms with Crippen molar-refractivity contribution in [2.45, 2.75) is 24.8 Å². The van der Waals surface area contributed by atoms with Crippen LogP contribution < -0.4 is 0 Å². The molecule has 0 fully saturated rings. The molecule has 0 saturated carbocycles. The van der Waals surface area contributed by atoms with Gasteiger partial charge >= 0.3 is 0 Å². The maximum Gasteiger partial charge on any atom is 0.0762 e. The minimum Gasteiger partial charge on any atom is -0.389 e. The Kier molecular flexibility index (Phi) is 4.23. The highest BCUT2D eigenvalue weighted by molar-refractivity contribution is 7.99. The Morgan fingerprint density at radius 2 is 2.29 bits per heavy atom. The average Bonchev–Trinajstić information content (AvgIpc) is 2.15. The smallest absolute Gasteiger partial charge is 0.0762 e. The first-order chi connectivity index (χ1) is 6.59. The number of benzene rings is 1. The molecule has 1 N–H and O–H groups in total. The summed E-state index contributed by atoms with van der Waals surface area (Å²) in [5.41, 5.74) is 2.13. The molecule has 1 rings (SSSR count). The molecule has 76 valence electrons. The monoisotopic (exact) mass is 208 g/mol. The van der Waals surface area contributed by atoms with Crippen molar-refractivity contribution >= 4 is 11.8 Å². The van der Waals surface area contributed by atoms with Crippen LogP contribution in [0.1, 0.15) is 25.5 Å². The van der Waals surface area contributed by atoms with Gasteiger partial charge in [0.15, 0.2) is 0 Å². The molecule has 1 aromatic carbocycles. The number of rotatable bonds is 4. The second kappa shape index (κ2) is 5.23. The Labute approximate surface area is 89.8 Å². The van der Waals surface area contributed by atoms with E-state index in [9.17, 15) is 5.11 Å². The van der Waals surface area contributed by atoms with Gasteiger partial charge in [-0.1, -0.05) is 24.3 Å². The average molecular weight is 208 g/mol. The van der Waals surface area contributed by atoms with Crippen molar-refractivity contribution in [1.29, 1.82) is 0 Å². The second-order valence-electron chi connectivity index (χ2n) is 3.49. The molecule has 0 saturated heterocycles. The van der Waals surface area contributed by atoms with Crippen molar-refractivity contribution in [2.75, 3.05) is 5.75 Å². The van der Waals surface area contributed by atoms with Crippen LogP contribution in [0.15, 0.2) is 41.3 Å². The van der Waals surface area contributed by atoms with Crippen LogP contribution in [0.3, 0.4) is 0 Å². The van der Waals surface area contributed by atoms with Crippen molar-refractivity contribution in [3.63, 3.8) is 0 Å². The number of hydrogen-bond donors (Lipinski definition) is 1. The van der Waals surface area contributed by atoms with E-state index >= 15 is 0 Å². The van der Waals surface area contributed by atoms with Gasteiger partial charge in [0.05, 0.1) is 6.10 Å². The molecule has 0 aliphatic rings. The van der Waals surface area contributed by atoms with E-state index in [-0.39, 0.29) is 6.10 Å². The third-order valence-corrected chi connectivity index (χ3v) is 3.05. The third-order valence-electron chi connectivity index (χ3n) is 1.83. The van der Waals surface area contributed by atoms with E-state index in [1.807, 2.05) is 25.1 Å². The van der Waals surface area contributed by atoms with E-state index in [4.69, 9.17) is 0 Å². The fourth-order valence-corrected chi connectivity index (χ4v) is 1.88. The molecule has 0 bridgehead atoms. The van der Waals surface area contributed by atoms with Crippen LogP contribution in [0.2, 0.25) is 0 Å². The zero-order valence-corrected chi connectivity index (χ0v) is 9.47. The first-order valence-corrected chi connectivity index (χ1v) is 5.63. The Hall–Kier alpha value is -0.730. The van der Waals surface area contributed by atoms with E-state index < -0.39 is 0 Å². The van der Waals surface area contributed by atoms with Crippen LogP contribution in [-0.4, -0.2) is 10.9 Å². The maximum absolute atomic E-state index is 9.40. The highest BCUT2D eigenvalue weighted by Crippen LogP contribution is 2.23. The molecule has 0 aliphatic carbocycles. The van der Waals surface area contributed by atoms with Gasteiger partial charge in [0.25, 0.3) is 0 Å². The standard InChI is InChI=1S/C12H16OS/c1-9(2)8-14-12-6-4-5-11(7-12)10(3)13/h4-7,10,13H,1,8H2,2-3H3. The first kappa shape index (κ1) is 11.3. The molecule has 0 aromatic heterocycles. The third kappa shape index (κ3) is 3.56. The molecular formula is C12H16OS. The van der Waals surface area contributed by atoms with E-state index in [1.165, 1.54) is 4.90 Å². The SMILES string of the molecule is C=C(C)CSc1cccc(C(C)O)c1. The lowest BCUT2D eigenvalue weighted by Gasteiger charge is -2.07. The van der Waals surface area contributed by atoms with Crippen LogP contribution in [-0.2, 0) is 0 Å².